The number of nitrogens with zero attached hydrogens (tertiary/aromatic N) is 1. The molecular formula is C33H44N2O7. The Bertz CT molecular complexity index is 1290. The van der Waals surface area contributed by atoms with E-state index in [1.54, 1.807) is 6.07 Å². The highest BCUT2D eigenvalue weighted by atomic mass is 16.7. The largest absolute Gasteiger partial charge is 0.504 e. The molecule has 0 aromatic heterocycles. The third-order valence-electron chi connectivity index (χ3n) is 9.14. The van der Waals surface area contributed by atoms with Crippen LogP contribution >= 0.6 is 0 Å². The first-order valence-corrected chi connectivity index (χ1v) is 15.4. The number of nitrogens with one attached hydrogen (secondary N) is 1. The standard InChI is InChI=1S/C33H44N2O7/c1-5-35(6-2)13-11-9-7-8-10-12-28(36)34-31-23-17-26-25(41-19-42-26)16-22(23)29(30-24(31)18-40-33(30)38)21-14-20(3)32(37)27(15-21)39-4/h14-17,24,29-31,37H,5-13,18-19H2,1-4H3,(H,34,36)/t24-,29?,30-,31+/m0/s1. The van der Waals surface area contributed by atoms with Gasteiger partial charge in [-0.2, -0.15) is 0 Å². The Balaban J connectivity index is 1.35. The number of amides is 1. The van der Waals surface area contributed by atoms with E-state index in [1.165, 1.54) is 20.0 Å². The van der Waals surface area contributed by atoms with Crippen molar-refractivity contribution in [2.45, 2.75) is 71.3 Å². The number of carbonyl (C=O) groups is 2. The van der Waals surface area contributed by atoms with Gasteiger partial charge in [0.2, 0.25) is 12.7 Å². The van der Waals surface area contributed by atoms with Crippen molar-refractivity contribution in [3.63, 3.8) is 0 Å². The van der Waals surface area contributed by atoms with E-state index in [0.717, 1.165) is 55.6 Å². The minimum atomic E-state index is -0.511. The van der Waals surface area contributed by atoms with E-state index in [-0.39, 0.29) is 42.9 Å². The number of carbonyl (C=O) groups excluding carboxylic acids is 2. The van der Waals surface area contributed by atoms with Crippen molar-refractivity contribution in [2.24, 2.45) is 11.8 Å². The summed E-state index contributed by atoms with van der Waals surface area (Å²) in [5, 5.41) is 13.8. The lowest BCUT2D eigenvalue weighted by Crippen LogP contribution is -2.42. The maximum absolute atomic E-state index is 13.3. The van der Waals surface area contributed by atoms with Gasteiger partial charge in [-0.25, -0.2) is 0 Å². The molecule has 5 rings (SSSR count). The molecule has 9 heteroatoms. The van der Waals surface area contributed by atoms with Gasteiger partial charge in [0.1, 0.15) is 0 Å². The zero-order valence-electron chi connectivity index (χ0n) is 25.2. The molecule has 2 aromatic rings. The van der Waals surface area contributed by atoms with Gasteiger partial charge in [0.05, 0.1) is 25.7 Å². The number of hydrogen-bond acceptors (Lipinski definition) is 8. The average Bonchev–Trinajstić information content (AvgIpc) is 3.61. The molecule has 42 heavy (non-hydrogen) atoms. The summed E-state index contributed by atoms with van der Waals surface area (Å²) in [5.74, 6) is 0.208. The molecule has 0 bridgehead atoms. The van der Waals surface area contributed by atoms with Crippen molar-refractivity contribution < 1.29 is 33.6 Å². The quantitative estimate of drug-likeness (QED) is 0.246. The minimum absolute atomic E-state index is 0.0227. The Kier molecular flexibility index (Phi) is 9.46. The second-order valence-corrected chi connectivity index (χ2v) is 11.6. The van der Waals surface area contributed by atoms with Crippen LogP contribution in [0.15, 0.2) is 24.3 Å². The first-order valence-electron chi connectivity index (χ1n) is 15.4. The van der Waals surface area contributed by atoms with Crippen LogP contribution in [0.5, 0.6) is 23.0 Å². The van der Waals surface area contributed by atoms with Crippen molar-refractivity contribution in [2.75, 3.05) is 40.1 Å². The van der Waals surface area contributed by atoms with Crippen LogP contribution in [0.2, 0.25) is 0 Å². The van der Waals surface area contributed by atoms with Gasteiger partial charge in [0, 0.05) is 18.3 Å². The Morgan fingerprint density at radius 2 is 1.69 bits per heavy atom. The van der Waals surface area contributed by atoms with Crippen molar-refractivity contribution in [1.82, 2.24) is 10.2 Å². The predicted molar refractivity (Wildman–Crippen MR) is 158 cm³/mol. The van der Waals surface area contributed by atoms with Crippen LogP contribution < -0.4 is 19.5 Å². The Hall–Kier alpha value is -3.46. The summed E-state index contributed by atoms with van der Waals surface area (Å²) >= 11 is 0. The summed E-state index contributed by atoms with van der Waals surface area (Å²) in [4.78, 5) is 29.0. The monoisotopic (exact) mass is 580 g/mol. The van der Waals surface area contributed by atoms with E-state index in [4.69, 9.17) is 18.9 Å². The first kappa shape index (κ1) is 30.0. The van der Waals surface area contributed by atoms with E-state index in [0.29, 0.717) is 29.2 Å². The SMILES string of the molecule is CCN(CC)CCCCCCCC(=O)N[C@@H]1c2cc3c(cc2C(c2cc(C)c(O)c(OC)c2)[C@H]2C(=O)OC[C@H]12)OCO3. The van der Waals surface area contributed by atoms with Crippen LogP contribution in [0.1, 0.15) is 86.6 Å². The van der Waals surface area contributed by atoms with Gasteiger partial charge < -0.3 is 34.3 Å². The van der Waals surface area contributed by atoms with Gasteiger partial charge in [0.15, 0.2) is 23.0 Å². The summed E-state index contributed by atoms with van der Waals surface area (Å²) in [6.07, 6.45) is 5.77. The average molecular weight is 581 g/mol. The highest BCUT2D eigenvalue weighted by Gasteiger charge is 2.53. The number of methoxy groups -OCH3 is 1. The number of fused-ring (bicyclic) bond motifs is 3. The predicted octanol–water partition coefficient (Wildman–Crippen LogP) is 5.21. The molecule has 228 valence electrons. The number of unbranched alkanes of at least 4 members (excludes halogenated alkanes) is 4. The van der Waals surface area contributed by atoms with Crippen molar-refractivity contribution in [3.8, 4) is 23.0 Å². The van der Waals surface area contributed by atoms with Crippen molar-refractivity contribution in [1.29, 1.82) is 0 Å². The zero-order chi connectivity index (χ0) is 29.8. The number of hydrogen-bond donors (Lipinski definition) is 2. The smallest absolute Gasteiger partial charge is 0.310 e. The van der Waals surface area contributed by atoms with Crippen molar-refractivity contribution in [3.05, 3.63) is 46.5 Å². The Labute approximate surface area is 248 Å². The van der Waals surface area contributed by atoms with E-state index in [2.05, 4.69) is 24.1 Å². The molecule has 1 fully saturated rings. The summed E-state index contributed by atoms with van der Waals surface area (Å²) in [7, 11) is 1.51. The van der Waals surface area contributed by atoms with Crippen molar-refractivity contribution >= 4 is 11.9 Å². The summed E-state index contributed by atoms with van der Waals surface area (Å²) in [5.41, 5.74) is 3.27. The molecule has 1 saturated heterocycles. The van der Waals surface area contributed by atoms with E-state index in [1.807, 2.05) is 25.1 Å². The third kappa shape index (κ3) is 6.02. The van der Waals surface area contributed by atoms with Crippen LogP contribution in [-0.2, 0) is 14.3 Å². The lowest BCUT2D eigenvalue weighted by molar-refractivity contribution is -0.141. The van der Waals surface area contributed by atoms with E-state index >= 15 is 0 Å². The van der Waals surface area contributed by atoms with Crippen LogP contribution in [0.4, 0.5) is 0 Å². The Morgan fingerprint density at radius 1 is 1.00 bits per heavy atom. The number of phenolic OH excluding ortho intramolecular Hbond substituents is 1. The number of aryl methyl sites for hydroxylation is 1. The molecule has 2 N–H and O–H groups in total. The first-order chi connectivity index (χ1) is 20.4. The molecule has 9 nitrogen and oxygen atoms in total. The lowest BCUT2D eigenvalue weighted by atomic mass is 9.65. The molecule has 0 saturated carbocycles. The molecule has 2 heterocycles. The fourth-order valence-electron chi connectivity index (χ4n) is 6.79. The lowest BCUT2D eigenvalue weighted by Gasteiger charge is -2.39. The zero-order valence-corrected chi connectivity index (χ0v) is 25.2. The molecule has 0 spiro atoms. The van der Waals surface area contributed by atoms with Gasteiger partial charge >= 0.3 is 5.97 Å². The van der Waals surface area contributed by atoms with Crippen LogP contribution in [-0.4, -0.2) is 62.0 Å². The van der Waals surface area contributed by atoms with Crippen LogP contribution in [0.3, 0.4) is 0 Å². The van der Waals surface area contributed by atoms with Crippen LogP contribution in [0.25, 0.3) is 0 Å². The van der Waals surface area contributed by atoms with Gasteiger partial charge in [-0.05, 0) is 79.9 Å². The molecule has 0 radical (unpaired) electrons. The van der Waals surface area contributed by atoms with Crippen LogP contribution in [0, 0.1) is 18.8 Å². The second-order valence-electron chi connectivity index (χ2n) is 11.6. The normalized spacial score (nSPS) is 22.1. The van der Waals surface area contributed by atoms with E-state index in [9.17, 15) is 14.7 Å². The molecule has 4 atom stereocenters. The summed E-state index contributed by atoms with van der Waals surface area (Å²) < 4.78 is 22.5. The molecule has 3 aliphatic rings. The molecule has 1 amide bonds. The fraction of sp³-hybridized carbons (Fsp3) is 0.576. The maximum Gasteiger partial charge on any atom is 0.310 e. The number of rotatable bonds is 13. The number of aromatic hydroxyl groups is 1. The fourth-order valence-corrected chi connectivity index (χ4v) is 6.79. The Morgan fingerprint density at radius 3 is 2.40 bits per heavy atom. The molecule has 1 unspecified atom stereocenters. The number of esters is 1. The molecule has 2 aliphatic heterocycles. The van der Waals surface area contributed by atoms with Gasteiger partial charge in [-0.3, -0.25) is 9.59 Å². The number of phenols is 1. The third-order valence-corrected chi connectivity index (χ3v) is 9.14. The summed E-state index contributed by atoms with van der Waals surface area (Å²) in [6.45, 7) is 9.85. The highest BCUT2D eigenvalue weighted by molar-refractivity contribution is 5.81. The number of ether oxygens (including phenoxy) is 4. The highest BCUT2D eigenvalue weighted by Crippen LogP contribution is 2.55. The van der Waals surface area contributed by atoms with Gasteiger partial charge in [0.25, 0.3) is 0 Å². The molecule has 1 aliphatic carbocycles. The number of cyclic esters (lactones) is 1. The molecule has 2 aromatic carbocycles. The number of benzene rings is 2. The maximum atomic E-state index is 13.3. The van der Waals surface area contributed by atoms with Gasteiger partial charge in [-0.1, -0.05) is 39.2 Å². The second kappa shape index (κ2) is 13.2. The van der Waals surface area contributed by atoms with Gasteiger partial charge in [-0.15, -0.1) is 0 Å². The molecular weight excluding hydrogens is 536 g/mol. The summed E-state index contributed by atoms with van der Waals surface area (Å²) in [6, 6.07) is 7.14. The minimum Gasteiger partial charge on any atom is -0.504 e. The van der Waals surface area contributed by atoms with E-state index < -0.39 is 12.0 Å². The topological polar surface area (TPSA) is 107 Å².